The first-order valence-electron chi connectivity index (χ1n) is 11.1. The number of ether oxygens (including phenoxy) is 1. The summed E-state index contributed by atoms with van der Waals surface area (Å²) in [4.78, 5) is 26.7. The molecule has 1 saturated heterocycles. The van der Waals surface area contributed by atoms with E-state index in [9.17, 15) is 23.5 Å². The molecule has 36 heavy (non-hydrogen) atoms. The zero-order valence-electron chi connectivity index (χ0n) is 19.5. The zero-order chi connectivity index (χ0) is 26.0. The molecular weight excluding hydrogens is 484 g/mol. The minimum atomic E-state index is -2.52. The van der Waals surface area contributed by atoms with Crippen LogP contribution in [-0.2, 0) is 27.3 Å². The Kier molecular flexibility index (Phi) is 7.22. The first-order valence-corrected chi connectivity index (χ1v) is 12.2. The molecule has 5 N–H and O–H groups in total. The van der Waals surface area contributed by atoms with Crippen LogP contribution in [0.4, 0.5) is 5.69 Å². The predicted octanol–water partition coefficient (Wildman–Crippen LogP) is 2.37. The number of carboxylic acid groups (broad SMARTS) is 1. The molecule has 0 radical (unpaired) electrons. The summed E-state index contributed by atoms with van der Waals surface area (Å²) in [6, 6.07) is 15.0. The summed E-state index contributed by atoms with van der Waals surface area (Å²) in [6.07, 6.45) is 0.241. The number of nitrogens with zero attached hydrogens (tertiary/aromatic N) is 2. The van der Waals surface area contributed by atoms with Gasteiger partial charge in [0.05, 0.1) is 12.8 Å². The van der Waals surface area contributed by atoms with Crippen molar-refractivity contribution in [2.24, 2.45) is 5.73 Å². The number of nitrogens with two attached hydrogens (primary N) is 1. The van der Waals surface area contributed by atoms with E-state index in [1.54, 1.807) is 55.6 Å². The normalized spacial score (nSPS) is 17.1. The van der Waals surface area contributed by atoms with E-state index in [4.69, 9.17) is 15.9 Å². The average molecular weight is 511 g/mol. The van der Waals surface area contributed by atoms with E-state index in [-0.39, 0.29) is 25.2 Å². The molecule has 3 unspecified atom stereocenters. The first kappa shape index (κ1) is 25.1. The fraction of sp³-hybridized carbons (Fsp3) is 0.240. The summed E-state index contributed by atoms with van der Waals surface area (Å²) in [5, 5.41) is 19.0. The number of carboxylic acids is 1. The summed E-state index contributed by atoms with van der Waals surface area (Å²) in [7, 11) is 1.56. The van der Waals surface area contributed by atoms with Crippen molar-refractivity contribution in [3.05, 3.63) is 71.8 Å². The number of aliphatic carboxylic acids is 1. The number of amides is 1. The van der Waals surface area contributed by atoms with Crippen LogP contribution in [0.2, 0.25) is 0 Å². The third-order valence-electron chi connectivity index (χ3n) is 6.30. The fourth-order valence-electron chi connectivity index (χ4n) is 4.44. The number of fused-ring (bicyclic) bond motifs is 1. The number of carbonyl (C=O) groups excluding carboxylic acids is 1. The number of likely N-dealkylation sites (tertiary alicyclic amines) is 1. The Labute approximate surface area is 210 Å². The molecule has 1 aliphatic rings. The Morgan fingerprint density at radius 1 is 1.19 bits per heavy atom. The van der Waals surface area contributed by atoms with Crippen LogP contribution >= 0.6 is 0 Å². The van der Waals surface area contributed by atoms with Gasteiger partial charge in [0, 0.05) is 18.5 Å². The summed E-state index contributed by atoms with van der Waals surface area (Å²) in [6.45, 7) is 0.129. The highest BCUT2D eigenvalue weighted by molar-refractivity contribution is 7.80. The molecule has 0 bridgehead atoms. The molecule has 3 atom stereocenters. The second-order valence-corrected chi connectivity index (χ2v) is 9.31. The Balaban J connectivity index is 1.58. The lowest BCUT2D eigenvalue weighted by atomic mass is 10.0. The molecule has 0 spiro atoms. The van der Waals surface area contributed by atoms with Gasteiger partial charge in [-0.2, -0.15) is 0 Å². The molecule has 0 aliphatic carbocycles. The average Bonchev–Trinajstić information content (AvgIpc) is 3.22. The van der Waals surface area contributed by atoms with Gasteiger partial charge >= 0.3 is 5.97 Å². The third-order valence-corrected chi connectivity index (χ3v) is 7.11. The van der Waals surface area contributed by atoms with Crippen LogP contribution in [0, 0.1) is 5.41 Å². The molecular formula is C25H26N4O6S. The number of rotatable bonds is 9. The molecule has 0 saturated carbocycles. The Morgan fingerprint density at radius 3 is 2.47 bits per heavy atom. The molecule has 10 nitrogen and oxygen atoms in total. The third kappa shape index (κ3) is 5.02. The van der Waals surface area contributed by atoms with Gasteiger partial charge < -0.3 is 20.5 Å². The van der Waals surface area contributed by atoms with Crippen molar-refractivity contribution in [2.75, 3.05) is 18.0 Å². The number of amidine groups is 1. The molecule has 11 heteroatoms. The number of nitrogen functional groups attached to an aromatic ring is 1. The standard InChI is InChI=1S/C25H26N4O6S/c1-35-20-9-7-17-13-19(8-6-18(17)14-20)29(36(33)34)21-10-11-28(24(21)30)22(25(31)32)12-15-2-4-16(5-3-15)23(26)27/h2-9,13-14,21-22H,10-12H2,1H3,(H3,26,27)(H,31,32)(H,33,34). The number of carbonyl (C=O) groups is 2. The van der Waals surface area contributed by atoms with Gasteiger partial charge in [-0.05, 0) is 47.0 Å². The van der Waals surface area contributed by atoms with Crippen LogP contribution in [0.15, 0.2) is 60.7 Å². The smallest absolute Gasteiger partial charge is 0.326 e. The largest absolute Gasteiger partial charge is 0.497 e. The zero-order valence-corrected chi connectivity index (χ0v) is 20.3. The van der Waals surface area contributed by atoms with Crippen molar-refractivity contribution >= 4 is 45.4 Å². The van der Waals surface area contributed by atoms with E-state index >= 15 is 0 Å². The topological polar surface area (TPSA) is 157 Å². The van der Waals surface area contributed by atoms with Gasteiger partial charge in [0.25, 0.3) is 11.3 Å². The van der Waals surface area contributed by atoms with Crippen LogP contribution in [0.3, 0.4) is 0 Å². The highest BCUT2D eigenvalue weighted by Gasteiger charge is 2.43. The van der Waals surface area contributed by atoms with Gasteiger partial charge in [0.15, 0.2) is 0 Å². The van der Waals surface area contributed by atoms with Crippen molar-refractivity contribution in [2.45, 2.75) is 24.9 Å². The van der Waals surface area contributed by atoms with Gasteiger partial charge in [0.2, 0.25) is 5.91 Å². The van der Waals surface area contributed by atoms with E-state index in [2.05, 4.69) is 0 Å². The minimum Gasteiger partial charge on any atom is -0.497 e. The lowest BCUT2D eigenvalue weighted by Crippen LogP contribution is -2.48. The maximum atomic E-state index is 13.4. The molecule has 1 heterocycles. The lowest BCUT2D eigenvalue weighted by Gasteiger charge is -2.28. The minimum absolute atomic E-state index is 0.0476. The van der Waals surface area contributed by atoms with Crippen molar-refractivity contribution in [3.63, 3.8) is 0 Å². The second kappa shape index (κ2) is 10.3. The number of hydrogen-bond acceptors (Lipinski definition) is 5. The first-order chi connectivity index (χ1) is 17.2. The van der Waals surface area contributed by atoms with Crippen LogP contribution < -0.4 is 14.8 Å². The lowest BCUT2D eigenvalue weighted by molar-refractivity contribution is -0.148. The highest BCUT2D eigenvalue weighted by atomic mass is 32.2. The van der Waals surface area contributed by atoms with Crippen LogP contribution in [-0.4, -0.2) is 62.2 Å². The molecule has 188 valence electrons. The van der Waals surface area contributed by atoms with Gasteiger partial charge in [-0.15, -0.1) is 0 Å². The van der Waals surface area contributed by atoms with Crippen molar-refractivity contribution in [3.8, 4) is 5.75 Å². The summed E-state index contributed by atoms with van der Waals surface area (Å²) in [5.41, 5.74) is 7.02. The van der Waals surface area contributed by atoms with Crippen molar-refractivity contribution in [1.29, 1.82) is 5.41 Å². The summed E-state index contributed by atoms with van der Waals surface area (Å²) in [5.74, 6) is -1.12. The van der Waals surface area contributed by atoms with Crippen molar-refractivity contribution < 1.29 is 28.2 Å². The van der Waals surface area contributed by atoms with Crippen LogP contribution in [0.25, 0.3) is 10.8 Å². The Hall–Kier alpha value is -3.96. The quantitative estimate of drug-likeness (QED) is 0.195. The Morgan fingerprint density at radius 2 is 1.86 bits per heavy atom. The van der Waals surface area contributed by atoms with E-state index in [0.717, 1.165) is 15.1 Å². The predicted molar refractivity (Wildman–Crippen MR) is 136 cm³/mol. The van der Waals surface area contributed by atoms with Gasteiger partial charge in [-0.25, -0.2) is 9.00 Å². The highest BCUT2D eigenvalue weighted by Crippen LogP contribution is 2.31. The maximum Gasteiger partial charge on any atom is 0.326 e. The van der Waals surface area contributed by atoms with Gasteiger partial charge in [-0.3, -0.25) is 19.1 Å². The maximum absolute atomic E-state index is 13.4. The monoisotopic (exact) mass is 510 g/mol. The number of benzene rings is 3. The fourth-order valence-corrected chi connectivity index (χ4v) is 5.15. The van der Waals surface area contributed by atoms with E-state index in [1.807, 2.05) is 12.1 Å². The van der Waals surface area contributed by atoms with E-state index < -0.39 is 35.2 Å². The van der Waals surface area contributed by atoms with Crippen LogP contribution in [0.1, 0.15) is 17.5 Å². The Bertz CT molecular complexity index is 1350. The number of anilines is 1. The molecule has 1 aliphatic heterocycles. The SMILES string of the molecule is COc1ccc2cc(N(C3CCN(C(Cc4ccc(C(=N)N)cc4)C(=O)O)C3=O)S(=O)O)ccc2c1. The molecule has 1 fully saturated rings. The second-order valence-electron chi connectivity index (χ2n) is 8.46. The van der Waals surface area contributed by atoms with Gasteiger partial charge in [0.1, 0.15) is 23.7 Å². The number of hydrogen-bond donors (Lipinski definition) is 4. The molecule has 3 aromatic rings. The number of methoxy groups -OCH3 is 1. The molecule has 4 rings (SSSR count). The molecule has 0 aromatic heterocycles. The summed E-state index contributed by atoms with van der Waals surface area (Å²) < 4.78 is 28.8. The van der Waals surface area contributed by atoms with Gasteiger partial charge in [-0.1, -0.05) is 36.4 Å². The van der Waals surface area contributed by atoms with Crippen molar-refractivity contribution in [1.82, 2.24) is 4.90 Å². The van der Waals surface area contributed by atoms with E-state index in [0.29, 0.717) is 22.6 Å². The molecule has 3 aromatic carbocycles. The summed E-state index contributed by atoms with van der Waals surface area (Å²) >= 11 is -2.52. The molecule has 1 amide bonds. The van der Waals surface area contributed by atoms with Crippen LogP contribution in [0.5, 0.6) is 5.75 Å². The number of nitrogens with one attached hydrogen (secondary N) is 1. The van der Waals surface area contributed by atoms with E-state index in [1.165, 1.54) is 4.90 Å².